The molecule has 0 unspecified atom stereocenters. The summed E-state index contributed by atoms with van der Waals surface area (Å²) in [7, 11) is 0. The van der Waals surface area contributed by atoms with Gasteiger partial charge in [-0.05, 0) is 43.6 Å². The molecule has 2 aliphatic rings. The first-order valence-corrected chi connectivity index (χ1v) is 9.27. The van der Waals surface area contributed by atoms with E-state index >= 15 is 0 Å². The van der Waals surface area contributed by atoms with Crippen LogP contribution >= 0.6 is 11.3 Å². The molecule has 4 nitrogen and oxygen atoms in total. The van der Waals surface area contributed by atoms with E-state index in [0.29, 0.717) is 13.0 Å². The minimum Gasteiger partial charge on any atom is -0.387 e. The summed E-state index contributed by atoms with van der Waals surface area (Å²) in [6, 6.07) is 4.07. The number of nitrogens with zero attached hydrogens (tertiary/aromatic N) is 1. The molecular weight excluding hydrogens is 298 g/mol. The van der Waals surface area contributed by atoms with Gasteiger partial charge < -0.3 is 14.7 Å². The van der Waals surface area contributed by atoms with Crippen LogP contribution < -0.4 is 0 Å². The number of aliphatic hydroxyl groups is 1. The Balaban J connectivity index is 1.68. The Morgan fingerprint density at radius 3 is 3.00 bits per heavy atom. The summed E-state index contributed by atoms with van der Waals surface area (Å²) in [6.45, 7) is 1.51. The molecule has 0 radical (unpaired) electrons. The van der Waals surface area contributed by atoms with Crippen molar-refractivity contribution in [2.75, 3.05) is 13.2 Å². The van der Waals surface area contributed by atoms with Crippen LogP contribution in [0, 0.1) is 0 Å². The summed E-state index contributed by atoms with van der Waals surface area (Å²) < 4.78 is 5.58. The highest BCUT2D eigenvalue weighted by Gasteiger charge is 2.34. The van der Waals surface area contributed by atoms with Gasteiger partial charge in [0.2, 0.25) is 0 Å². The minimum atomic E-state index is -0.470. The van der Waals surface area contributed by atoms with E-state index in [4.69, 9.17) is 4.74 Å². The third-order valence-electron chi connectivity index (χ3n) is 4.73. The van der Waals surface area contributed by atoms with Crippen LogP contribution in [0.5, 0.6) is 0 Å². The summed E-state index contributed by atoms with van der Waals surface area (Å²) >= 11 is 1.58. The lowest BCUT2D eigenvalue weighted by atomic mass is 10.0. The molecule has 1 amide bonds. The fraction of sp³-hybridized carbons (Fsp3) is 0.706. The van der Waals surface area contributed by atoms with Crippen LogP contribution in [0.4, 0.5) is 0 Å². The summed E-state index contributed by atoms with van der Waals surface area (Å²) in [4.78, 5) is 15.7. The minimum absolute atomic E-state index is 0.135. The molecule has 22 heavy (non-hydrogen) atoms. The van der Waals surface area contributed by atoms with Crippen LogP contribution in [0.15, 0.2) is 17.5 Å². The second kappa shape index (κ2) is 7.57. The van der Waals surface area contributed by atoms with Crippen molar-refractivity contribution in [2.24, 2.45) is 0 Å². The molecule has 1 N–H and O–H groups in total. The van der Waals surface area contributed by atoms with Gasteiger partial charge in [-0.2, -0.15) is 0 Å². The molecule has 5 heteroatoms. The summed E-state index contributed by atoms with van der Waals surface area (Å²) in [5.74, 6) is 0.141. The van der Waals surface area contributed by atoms with Crippen molar-refractivity contribution in [1.82, 2.24) is 4.90 Å². The normalized spacial score (nSPS) is 27.6. The number of thiophene rings is 1. The smallest absolute Gasteiger partial charge is 0.251 e. The van der Waals surface area contributed by atoms with Crippen LogP contribution in [0.1, 0.15) is 55.9 Å². The lowest BCUT2D eigenvalue weighted by Gasteiger charge is -2.33. The first kappa shape index (κ1) is 16.0. The van der Waals surface area contributed by atoms with Gasteiger partial charge in [0.1, 0.15) is 6.10 Å². The van der Waals surface area contributed by atoms with Crippen LogP contribution in [0.2, 0.25) is 0 Å². The third kappa shape index (κ3) is 3.70. The highest BCUT2D eigenvalue weighted by molar-refractivity contribution is 7.10. The van der Waals surface area contributed by atoms with Crippen molar-refractivity contribution >= 4 is 17.2 Å². The van der Waals surface area contributed by atoms with Crippen molar-refractivity contribution in [3.05, 3.63) is 22.4 Å². The van der Waals surface area contributed by atoms with Crippen LogP contribution in [0.25, 0.3) is 0 Å². The maximum Gasteiger partial charge on any atom is 0.251 e. The molecule has 2 fully saturated rings. The molecule has 1 aromatic heterocycles. The number of amides is 1. The fourth-order valence-corrected chi connectivity index (χ4v) is 4.25. The van der Waals surface area contributed by atoms with Crippen LogP contribution in [-0.4, -0.2) is 41.2 Å². The van der Waals surface area contributed by atoms with Gasteiger partial charge in [-0.3, -0.25) is 4.79 Å². The van der Waals surface area contributed by atoms with Crippen molar-refractivity contribution in [2.45, 2.75) is 63.2 Å². The molecule has 0 bridgehead atoms. The van der Waals surface area contributed by atoms with Gasteiger partial charge in [0, 0.05) is 24.1 Å². The number of carbonyl (C=O) groups excluding carboxylic acids is 1. The SMILES string of the molecule is O=C([C@@H]1CCCO1)N1CCCCC[C@H]1C[C@H](O)c1cccs1. The maximum atomic E-state index is 12.8. The average molecular weight is 323 g/mol. The highest BCUT2D eigenvalue weighted by Crippen LogP contribution is 2.30. The number of hydrogen-bond acceptors (Lipinski definition) is 4. The number of ether oxygens (including phenoxy) is 1. The van der Waals surface area contributed by atoms with Gasteiger partial charge in [-0.1, -0.05) is 18.9 Å². The zero-order valence-electron chi connectivity index (χ0n) is 12.9. The predicted molar refractivity (Wildman–Crippen MR) is 86.8 cm³/mol. The van der Waals surface area contributed by atoms with Gasteiger partial charge >= 0.3 is 0 Å². The fourth-order valence-electron chi connectivity index (χ4n) is 3.52. The quantitative estimate of drug-likeness (QED) is 0.926. The summed E-state index contributed by atoms with van der Waals surface area (Å²) in [5, 5.41) is 12.4. The summed E-state index contributed by atoms with van der Waals surface area (Å²) in [5.41, 5.74) is 0. The standard InChI is InChI=1S/C17H25NO3S/c19-14(16-8-5-11-22-16)12-13-6-2-1-3-9-18(13)17(20)15-7-4-10-21-15/h5,8,11,13-15,19H,1-4,6-7,9-10,12H2/t13-,14-,15-/m0/s1. The molecule has 2 aliphatic heterocycles. The number of hydrogen-bond donors (Lipinski definition) is 1. The lowest BCUT2D eigenvalue weighted by molar-refractivity contribution is -0.143. The van der Waals surface area contributed by atoms with Crippen LogP contribution in [-0.2, 0) is 9.53 Å². The van der Waals surface area contributed by atoms with Crippen LogP contribution in [0.3, 0.4) is 0 Å². The van der Waals surface area contributed by atoms with E-state index in [1.165, 1.54) is 6.42 Å². The second-order valence-electron chi connectivity index (χ2n) is 6.30. The molecular formula is C17H25NO3S. The van der Waals surface area contributed by atoms with Gasteiger partial charge in [-0.25, -0.2) is 0 Å². The number of carbonyl (C=O) groups is 1. The largest absolute Gasteiger partial charge is 0.387 e. The average Bonchev–Trinajstić information content (AvgIpc) is 3.18. The molecule has 122 valence electrons. The molecule has 3 heterocycles. The molecule has 0 aliphatic carbocycles. The Labute approximate surface area is 136 Å². The molecule has 0 aromatic carbocycles. The Morgan fingerprint density at radius 1 is 1.36 bits per heavy atom. The van der Waals surface area contributed by atoms with E-state index in [1.807, 2.05) is 22.4 Å². The van der Waals surface area contributed by atoms with E-state index in [2.05, 4.69) is 0 Å². The van der Waals surface area contributed by atoms with Gasteiger partial charge in [-0.15, -0.1) is 11.3 Å². The molecule has 0 spiro atoms. The zero-order chi connectivity index (χ0) is 15.4. The predicted octanol–water partition coefficient (Wildman–Crippen LogP) is 3.12. The van der Waals surface area contributed by atoms with Crippen molar-refractivity contribution in [3.63, 3.8) is 0 Å². The second-order valence-corrected chi connectivity index (χ2v) is 7.28. The third-order valence-corrected chi connectivity index (χ3v) is 5.71. The van der Waals surface area contributed by atoms with E-state index in [1.54, 1.807) is 11.3 Å². The lowest BCUT2D eigenvalue weighted by Crippen LogP contribution is -2.45. The Bertz CT molecular complexity index is 470. The topological polar surface area (TPSA) is 49.8 Å². The van der Waals surface area contributed by atoms with E-state index < -0.39 is 6.10 Å². The number of likely N-dealkylation sites (tertiary alicyclic amines) is 1. The van der Waals surface area contributed by atoms with E-state index in [-0.39, 0.29) is 18.1 Å². The first-order chi connectivity index (χ1) is 10.8. The molecule has 0 saturated carbocycles. The maximum absolute atomic E-state index is 12.8. The molecule has 3 rings (SSSR count). The Morgan fingerprint density at radius 2 is 2.27 bits per heavy atom. The van der Waals surface area contributed by atoms with E-state index in [9.17, 15) is 9.90 Å². The van der Waals surface area contributed by atoms with Crippen molar-refractivity contribution in [3.8, 4) is 0 Å². The number of rotatable bonds is 4. The highest BCUT2D eigenvalue weighted by atomic mass is 32.1. The first-order valence-electron chi connectivity index (χ1n) is 8.39. The monoisotopic (exact) mass is 323 g/mol. The van der Waals surface area contributed by atoms with Crippen molar-refractivity contribution < 1.29 is 14.6 Å². The van der Waals surface area contributed by atoms with Gasteiger partial charge in [0.05, 0.1) is 6.10 Å². The van der Waals surface area contributed by atoms with Gasteiger partial charge in [0.15, 0.2) is 0 Å². The van der Waals surface area contributed by atoms with E-state index in [0.717, 1.165) is 43.5 Å². The molecule has 1 aromatic rings. The van der Waals surface area contributed by atoms with Crippen molar-refractivity contribution in [1.29, 1.82) is 0 Å². The van der Waals surface area contributed by atoms with Gasteiger partial charge in [0.25, 0.3) is 5.91 Å². The summed E-state index contributed by atoms with van der Waals surface area (Å²) in [6.07, 6.45) is 6.09. The zero-order valence-corrected chi connectivity index (χ0v) is 13.8. The Hall–Kier alpha value is -0.910. The number of aliphatic hydroxyl groups excluding tert-OH is 1. The Kier molecular flexibility index (Phi) is 5.50. The molecule has 3 atom stereocenters. The molecule has 2 saturated heterocycles.